The number of nitrogens with zero attached hydrogens (tertiary/aromatic N) is 2. The lowest BCUT2D eigenvalue weighted by molar-refractivity contribution is -0.108. The molecule has 0 aliphatic heterocycles. The van der Waals surface area contributed by atoms with Gasteiger partial charge in [-0.2, -0.15) is 0 Å². The van der Waals surface area contributed by atoms with Crippen LogP contribution in [0.15, 0.2) is 12.1 Å². The van der Waals surface area contributed by atoms with Crippen molar-refractivity contribution in [1.29, 1.82) is 0 Å². The molecule has 4 heteroatoms. The van der Waals surface area contributed by atoms with Crippen molar-refractivity contribution in [1.82, 2.24) is 4.98 Å². The molecule has 0 aliphatic rings. The molecule has 16 heavy (non-hydrogen) atoms. The molecule has 0 aromatic carbocycles. The Morgan fingerprint density at radius 3 is 2.88 bits per heavy atom. The van der Waals surface area contributed by atoms with Crippen LogP contribution >= 0.6 is 0 Å². The van der Waals surface area contributed by atoms with Gasteiger partial charge in [0.25, 0.3) is 0 Å². The second-order valence-electron chi connectivity index (χ2n) is 3.36. The summed E-state index contributed by atoms with van der Waals surface area (Å²) in [6.45, 7) is 0.349. The van der Waals surface area contributed by atoms with E-state index >= 15 is 0 Å². The zero-order valence-corrected chi connectivity index (χ0v) is 9.43. The topological polar surface area (TPSA) is 42.4 Å². The third kappa shape index (κ3) is 2.99. The van der Waals surface area contributed by atoms with Gasteiger partial charge < -0.3 is 14.4 Å². The Bertz CT molecular complexity index is 408. The van der Waals surface area contributed by atoms with Crippen LogP contribution in [0.5, 0.6) is 5.75 Å². The maximum atomic E-state index is 10.2. The van der Waals surface area contributed by atoms with Gasteiger partial charge in [-0.3, -0.25) is 0 Å². The Morgan fingerprint density at radius 2 is 2.31 bits per heavy atom. The monoisotopic (exact) mass is 218 g/mol. The van der Waals surface area contributed by atoms with Crippen molar-refractivity contribution in [2.45, 2.75) is 6.42 Å². The third-order valence-corrected chi connectivity index (χ3v) is 1.90. The Balaban J connectivity index is 2.90. The smallest absolute Gasteiger partial charge is 0.172 e. The lowest BCUT2D eigenvalue weighted by Crippen LogP contribution is -2.13. The lowest BCUT2D eigenvalue weighted by Gasteiger charge is -2.16. The number of carbonyl (C=O) groups is 1. The van der Waals surface area contributed by atoms with E-state index in [4.69, 9.17) is 11.2 Å². The minimum absolute atomic E-state index is 0.349. The van der Waals surface area contributed by atoms with Crippen molar-refractivity contribution in [3.63, 3.8) is 0 Å². The van der Waals surface area contributed by atoms with Gasteiger partial charge in [0.1, 0.15) is 12.0 Å². The molecule has 0 N–H and O–H groups in total. The van der Waals surface area contributed by atoms with Crippen LogP contribution in [-0.2, 0) is 4.79 Å². The van der Waals surface area contributed by atoms with Gasteiger partial charge in [0.15, 0.2) is 11.6 Å². The molecule has 1 heterocycles. The van der Waals surface area contributed by atoms with E-state index in [2.05, 4.69) is 10.9 Å². The normalized spacial score (nSPS) is 9.31. The molecule has 0 amide bonds. The van der Waals surface area contributed by atoms with E-state index in [1.54, 1.807) is 12.1 Å². The average Bonchev–Trinajstić information content (AvgIpc) is 2.29. The van der Waals surface area contributed by atoms with Crippen LogP contribution in [-0.4, -0.2) is 32.0 Å². The van der Waals surface area contributed by atoms with E-state index in [1.165, 1.54) is 0 Å². The molecule has 0 radical (unpaired) electrons. The molecule has 4 nitrogen and oxygen atoms in total. The first-order valence-electron chi connectivity index (χ1n) is 4.90. The van der Waals surface area contributed by atoms with Gasteiger partial charge in [-0.1, -0.05) is 5.92 Å². The Labute approximate surface area is 95.2 Å². The number of aromatic nitrogens is 1. The van der Waals surface area contributed by atoms with Crippen molar-refractivity contribution >= 4 is 12.1 Å². The molecule has 0 saturated heterocycles. The fraction of sp³-hybridized carbons (Fsp3) is 0.333. The van der Waals surface area contributed by atoms with Gasteiger partial charge in [-0.15, -0.1) is 6.42 Å². The van der Waals surface area contributed by atoms with Crippen LogP contribution in [0.25, 0.3) is 0 Å². The number of hydrogen-bond donors (Lipinski definition) is 0. The zero-order chi connectivity index (χ0) is 12.0. The molecule has 1 aromatic rings. The summed E-state index contributed by atoms with van der Waals surface area (Å²) < 4.78 is 5.43. The molecule has 0 aliphatic carbocycles. The van der Waals surface area contributed by atoms with Crippen LogP contribution in [0, 0.1) is 12.3 Å². The van der Waals surface area contributed by atoms with Gasteiger partial charge in [0.2, 0.25) is 0 Å². The second kappa shape index (κ2) is 5.76. The third-order valence-electron chi connectivity index (χ3n) is 1.90. The number of anilines is 1. The van der Waals surface area contributed by atoms with E-state index in [9.17, 15) is 4.79 Å². The number of aldehydes is 1. The number of carbonyl (C=O) groups excluding carboxylic acids is 1. The molecule has 84 valence electrons. The van der Waals surface area contributed by atoms with Crippen LogP contribution in [0.1, 0.15) is 12.1 Å². The fourth-order valence-electron chi connectivity index (χ4n) is 1.17. The highest BCUT2D eigenvalue weighted by Crippen LogP contribution is 2.24. The van der Waals surface area contributed by atoms with Gasteiger partial charge >= 0.3 is 0 Å². The maximum absolute atomic E-state index is 10.2. The highest BCUT2D eigenvalue weighted by molar-refractivity contribution is 5.54. The standard InChI is InChI=1S/C12H14N2O2/c1-4-10-6-7-11(16-9-5-8-15)12(13-10)14(2)3/h1,6-8H,5,9H2,2-3H3. The van der Waals surface area contributed by atoms with Crippen molar-refractivity contribution < 1.29 is 9.53 Å². The summed E-state index contributed by atoms with van der Waals surface area (Å²) >= 11 is 0. The molecule has 1 aromatic heterocycles. The number of terminal acetylenes is 1. The van der Waals surface area contributed by atoms with Gasteiger partial charge in [-0.25, -0.2) is 4.98 Å². The summed E-state index contributed by atoms with van der Waals surface area (Å²) in [5.41, 5.74) is 0.562. The molecule has 0 bridgehead atoms. The van der Waals surface area contributed by atoms with E-state index in [0.29, 0.717) is 30.3 Å². The first-order valence-corrected chi connectivity index (χ1v) is 4.90. The molecule has 0 unspecified atom stereocenters. The number of pyridine rings is 1. The minimum atomic E-state index is 0.349. The molecule has 0 spiro atoms. The summed E-state index contributed by atoms with van der Waals surface area (Å²) in [7, 11) is 3.71. The molecule has 0 fully saturated rings. The first kappa shape index (κ1) is 12.1. The first-order chi connectivity index (χ1) is 7.69. The second-order valence-corrected chi connectivity index (χ2v) is 3.36. The highest BCUT2D eigenvalue weighted by atomic mass is 16.5. The van der Waals surface area contributed by atoms with Gasteiger partial charge in [-0.05, 0) is 12.1 Å². The predicted molar refractivity (Wildman–Crippen MR) is 62.7 cm³/mol. The van der Waals surface area contributed by atoms with Gasteiger partial charge in [0, 0.05) is 20.5 Å². The molecule has 0 atom stereocenters. The van der Waals surface area contributed by atoms with E-state index in [0.717, 1.165) is 6.29 Å². The predicted octanol–water partition coefficient (Wildman–Crippen LogP) is 1.10. The maximum Gasteiger partial charge on any atom is 0.172 e. The van der Waals surface area contributed by atoms with Crippen molar-refractivity contribution in [3.8, 4) is 18.1 Å². The van der Waals surface area contributed by atoms with E-state index in [1.807, 2.05) is 19.0 Å². The molecule has 1 rings (SSSR count). The Kier molecular flexibility index (Phi) is 4.34. The van der Waals surface area contributed by atoms with E-state index < -0.39 is 0 Å². The quantitative estimate of drug-likeness (QED) is 0.421. The summed E-state index contributed by atoms with van der Waals surface area (Å²) in [5, 5.41) is 0. The summed E-state index contributed by atoms with van der Waals surface area (Å²) in [4.78, 5) is 16.2. The molecule has 0 saturated carbocycles. The van der Waals surface area contributed by atoms with Crippen molar-refractivity contribution in [3.05, 3.63) is 17.8 Å². The number of ether oxygens (including phenoxy) is 1. The van der Waals surface area contributed by atoms with Crippen molar-refractivity contribution in [2.75, 3.05) is 25.6 Å². The lowest BCUT2D eigenvalue weighted by atomic mass is 10.3. The SMILES string of the molecule is C#Cc1ccc(OCCC=O)c(N(C)C)n1. The van der Waals surface area contributed by atoms with Gasteiger partial charge in [0.05, 0.1) is 6.61 Å². The average molecular weight is 218 g/mol. The van der Waals surface area contributed by atoms with Crippen LogP contribution < -0.4 is 9.64 Å². The van der Waals surface area contributed by atoms with E-state index in [-0.39, 0.29) is 0 Å². The van der Waals surface area contributed by atoms with Crippen LogP contribution in [0.3, 0.4) is 0 Å². The zero-order valence-electron chi connectivity index (χ0n) is 9.43. The summed E-state index contributed by atoms with van der Waals surface area (Å²) in [5.74, 6) is 3.77. The van der Waals surface area contributed by atoms with Crippen LogP contribution in [0.2, 0.25) is 0 Å². The number of hydrogen-bond acceptors (Lipinski definition) is 4. The minimum Gasteiger partial charge on any atom is -0.489 e. The highest BCUT2D eigenvalue weighted by Gasteiger charge is 2.08. The Morgan fingerprint density at radius 1 is 1.56 bits per heavy atom. The summed E-state index contributed by atoms with van der Waals surface area (Å²) in [6, 6.07) is 3.48. The van der Waals surface area contributed by atoms with Crippen LogP contribution in [0.4, 0.5) is 5.82 Å². The molecular formula is C12H14N2O2. The number of rotatable bonds is 5. The van der Waals surface area contributed by atoms with Crippen molar-refractivity contribution in [2.24, 2.45) is 0 Å². The largest absolute Gasteiger partial charge is 0.489 e. The fourth-order valence-corrected chi connectivity index (χ4v) is 1.17. The summed E-state index contributed by atoms with van der Waals surface area (Å²) in [6.07, 6.45) is 6.46. The Hall–Kier alpha value is -2.02. The molecular weight excluding hydrogens is 204 g/mol.